The summed E-state index contributed by atoms with van der Waals surface area (Å²) >= 11 is 0. The fraction of sp³-hybridized carbons (Fsp3) is 0.607. The Bertz CT molecular complexity index is 1100. The van der Waals surface area contributed by atoms with Crippen LogP contribution < -0.4 is 0 Å². The Morgan fingerprint density at radius 3 is 1.77 bits per heavy atom. The first kappa shape index (κ1) is 37.7. The molecule has 1 rings (SSSR count). The lowest BCUT2D eigenvalue weighted by Crippen LogP contribution is -2.63. The maximum Gasteiger partial charge on any atom is 0.330 e. The molecule has 7 atom stereocenters. The van der Waals surface area contributed by atoms with Gasteiger partial charge in [-0.2, -0.15) is 0 Å². The fourth-order valence-electron chi connectivity index (χ4n) is 3.82. The zero-order valence-electron chi connectivity index (χ0n) is 25.5. The molecule has 1 fully saturated rings. The Morgan fingerprint density at radius 2 is 1.25 bits per heavy atom. The van der Waals surface area contributed by atoms with Gasteiger partial charge in [0.05, 0.1) is 6.61 Å². The number of hydrogen-bond donors (Lipinski definition) is 0. The average Bonchev–Trinajstić information content (AvgIpc) is 2.89. The predicted molar refractivity (Wildman–Crippen MR) is 144 cm³/mol. The number of rotatable bonds is 15. The van der Waals surface area contributed by atoms with E-state index in [-0.39, 0.29) is 6.61 Å². The summed E-state index contributed by atoms with van der Waals surface area (Å²) in [5, 5.41) is 0. The van der Waals surface area contributed by atoms with Crippen molar-refractivity contribution in [2.75, 3.05) is 19.8 Å². The van der Waals surface area contributed by atoms with Crippen molar-refractivity contribution in [3.63, 3.8) is 0 Å². The number of hydrogen-bond acceptors (Lipinski definition) is 16. The van der Waals surface area contributed by atoms with E-state index in [1.807, 2.05) is 0 Å². The molecule has 0 aromatic carbocycles. The topological polar surface area (TPSA) is 203 Å². The van der Waals surface area contributed by atoms with Crippen LogP contribution >= 0.6 is 0 Å². The van der Waals surface area contributed by atoms with Crippen molar-refractivity contribution in [3.8, 4) is 0 Å². The maximum absolute atomic E-state index is 12.1. The second-order valence-electron chi connectivity index (χ2n) is 9.11. The molecule has 0 saturated carbocycles. The molecule has 0 amide bonds. The molecular formula is C28H38O16. The minimum Gasteiger partial charge on any atom is -0.463 e. The van der Waals surface area contributed by atoms with Crippen LogP contribution in [0.1, 0.15) is 48.5 Å². The van der Waals surface area contributed by atoms with Crippen molar-refractivity contribution in [1.29, 1.82) is 0 Å². The molecule has 16 nitrogen and oxygen atoms in total. The number of esters is 7. The highest BCUT2D eigenvalue weighted by Gasteiger charge is 2.53. The van der Waals surface area contributed by atoms with Crippen molar-refractivity contribution >= 4 is 41.8 Å². The van der Waals surface area contributed by atoms with Crippen molar-refractivity contribution < 1.29 is 76.2 Å². The van der Waals surface area contributed by atoms with E-state index in [1.165, 1.54) is 18.2 Å². The molecule has 0 bridgehead atoms. The summed E-state index contributed by atoms with van der Waals surface area (Å²) in [6, 6.07) is 0. The predicted octanol–water partition coefficient (Wildman–Crippen LogP) is 0.625. The summed E-state index contributed by atoms with van der Waals surface area (Å²) in [7, 11) is 0. The zero-order valence-corrected chi connectivity index (χ0v) is 25.5. The lowest BCUT2D eigenvalue weighted by atomic mass is 9.98. The summed E-state index contributed by atoms with van der Waals surface area (Å²) in [5.74, 6) is -5.41. The average molecular weight is 631 g/mol. The Hall–Kier alpha value is -4.31. The van der Waals surface area contributed by atoms with Gasteiger partial charge in [0.15, 0.2) is 30.7 Å². The van der Waals surface area contributed by atoms with Crippen LogP contribution in [-0.4, -0.2) is 105 Å². The van der Waals surface area contributed by atoms with Crippen LogP contribution in [0.3, 0.4) is 0 Å². The van der Waals surface area contributed by atoms with E-state index in [9.17, 15) is 33.6 Å². The summed E-state index contributed by atoms with van der Waals surface area (Å²) in [5.41, 5.74) is 0. The van der Waals surface area contributed by atoms with Crippen LogP contribution in [-0.2, 0) is 76.2 Å². The van der Waals surface area contributed by atoms with E-state index in [0.717, 1.165) is 47.6 Å². The summed E-state index contributed by atoms with van der Waals surface area (Å²) in [4.78, 5) is 83.0. The highest BCUT2D eigenvalue weighted by molar-refractivity contribution is 5.82. The molecule has 0 unspecified atom stereocenters. The first-order valence-electron chi connectivity index (χ1n) is 13.4. The Balaban J connectivity index is 3.66. The highest BCUT2D eigenvalue weighted by atomic mass is 16.7. The van der Waals surface area contributed by atoms with Crippen LogP contribution in [0.2, 0.25) is 0 Å². The number of allylic oxidation sites excluding steroid dienone is 2. The number of carbonyl (C=O) groups is 7. The van der Waals surface area contributed by atoms with Crippen molar-refractivity contribution in [2.24, 2.45) is 0 Å². The minimum absolute atomic E-state index is 0.137. The Labute approximate surface area is 253 Å². The van der Waals surface area contributed by atoms with Gasteiger partial charge in [0, 0.05) is 47.6 Å². The molecule has 44 heavy (non-hydrogen) atoms. The van der Waals surface area contributed by atoms with Crippen molar-refractivity contribution in [1.82, 2.24) is 0 Å². The first-order valence-corrected chi connectivity index (χ1v) is 13.4. The molecule has 16 heteroatoms. The summed E-state index contributed by atoms with van der Waals surface area (Å²) < 4.78 is 48.3. The van der Waals surface area contributed by atoms with Crippen LogP contribution in [0.15, 0.2) is 24.3 Å². The smallest absolute Gasteiger partial charge is 0.330 e. The van der Waals surface area contributed by atoms with Gasteiger partial charge < -0.3 is 42.6 Å². The molecule has 246 valence electrons. The highest BCUT2D eigenvalue weighted by Crippen LogP contribution is 2.31. The second kappa shape index (κ2) is 19.1. The van der Waals surface area contributed by atoms with E-state index >= 15 is 0 Å². The van der Waals surface area contributed by atoms with E-state index in [0.29, 0.717) is 0 Å². The third-order valence-electron chi connectivity index (χ3n) is 5.30. The van der Waals surface area contributed by atoms with Gasteiger partial charge in [0.25, 0.3) is 0 Å². The van der Waals surface area contributed by atoms with Gasteiger partial charge in [-0.05, 0) is 6.92 Å². The fourth-order valence-corrected chi connectivity index (χ4v) is 3.82. The standard InChI is InChI=1S/C28H38O16/c1-8-36-24(35)12-10-9-11-21(22(39-17(4)31)13-37-15(2)29)43-28-27(42-20(7)34)26(41-19(6)33)25(40-18(5)32)23(44-28)14-38-16(3)30/h9-12,21-23,25-28H,8,13-14H2,1-7H3/b11-9+,12-10+/t21-,22+,23+,25-,26-,27+,28+/m0/s1. The molecule has 1 saturated heterocycles. The molecule has 0 aliphatic carbocycles. The van der Waals surface area contributed by atoms with Crippen LogP contribution in [0.4, 0.5) is 0 Å². The normalized spacial score (nSPS) is 22.8. The van der Waals surface area contributed by atoms with Gasteiger partial charge in [0.1, 0.15) is 25.4 Å². The van der Waals surface area contributed by atoms with Crippen molar-refractivity contribution in [2.45, 2.75) is 91.4 Å². The van der Waals surface area contributed by atoms with E-state index in [2.05, 4.69) is 0 Å². The SMILES string of the molecule is CCOC(=O)/C=C/C=C/[C@H](O[C@@H]1O[C@H](COC(C)=O)[C@H](OC(C)=O)[C@H](OC(C)=O)[C@H]1OC(C)=O)[C@@H](COC(C)=O)OC(C)=O. The molecular weight excluding hydrogens is 592 g/mol. The van der Waals surface area contributed by atoms with Gasteiger partial charge in [0.2, 0.25) is 0 Å². The lowest BCUT2D eigenvalue weighted by molar-refractivity contribution is -0.318. The third kappa shape index (κ3) is 14.2. The summed E-state index contributed by atoms with van der Waals surface area (Å²) in [6.45, 7) is 7.25. The largest absolute Gasteiger partial charge is 0.463 e. The Morgan fingerprint density at radius 1 is 0.682 bits per heavy atom. The number of carbonyl (C=O) groups excluding carboxylic acids is 7. The van der Waals surface area contributed by atoms with E-state index in [1.54, 1.807) is 6.92 Å². The number of ether oxygens (including phenoxy) is 9. The molecule has 1 heterocycles. The van der Waals surface area contributed by atoms with Gasteiger partial charge in [-0.25, -0.2) is 4.79 Å². The van der Waals surface area contributed by atoms with Crippen LogP contribution in [0.25, 0.3) is 0 Å². The van der Waals surface area contributed by atoms with Gasteiger partial charge in [-0.15, -0.1) is 0 Å². The molecule has 1 aliphatic heterocycles. The van der Waals surface area contributed by atoms with E-state index < -0.39 is 97.9 Å². The second-order valence-corrected chi connectivity index (χ2v) is 9.11. The van der Waals surface area contributed by atoms with Crippen LogP contribution in [0.5, 0.6) is 0 Å². The lowest BCUT2D eigenvalue weighted by Gasteiger charge is -2.45. The molecule has 0 spiro atoms. The quantitative estimate of drug-likeness (QED) is 0.105. The van der Waals surface area contributed by atoms with Gasteiger partial charge >= 0.3 is 41.8 Å². The summed E-state index contributed by atoms with van der Waals surface area (Å²) in [6.07, 6.45) is -5.18. The maximum atomic E-state index is 12.1. The molecule has 0 N–H and O–H groups in total. The van der Waals surface area contributed by atoms with Crippen molar-refractivity contribution in [3.05, 3.63) is 24.3 Å². The first-order chi connectivity index (χ1) is 20.6. The minimum atomic E-state index is -1.66. The zero-order chi connectivity index (χ0) is 33.4. The van der Waals surface area contributed by atoms with Gasteiger partial charge in [-0.3, -0.25) is 28.8 Å². The molecule has 0 radical (unpaired) electrons. The Kier molecular flexibility index (Phi) is 16.3. The van der Waals surface area contributed by atoms with Crippen LogP contribution in [0, 0.1) is 0 Å². The van der Waals surface area contributed by atoms with Gasteiger partial charge in [-0.1, -0.05) is 18.2 Å². The van der Waals surface area contributed by atoms with E-state index in [4.69, 9.17) is 42.6 Å². The third-order valence-corrected chi connectivity index (χ3v) is 5.30. The molecule has 1 aliphatic rings. The molecule has 0 aromatic heterocycles. The monoisotopic (exact) mass is 630 g/mol. The molecule has 0 aromatic rings.